The van der Waals surface area contributed by atoms with Crippen LogP contribution in [0.5, 0.6) is 5.75 Å². The second-order valence-electron chi connectivity index (χ2n) is 5.64. The van der Waals surface area contributed by atoms with Gasteiger partial charge < -0.3 is 15.0 Å². The molecule has 1 N–H and O–H groups in total. The van der Waals surface area contributed by atoms with Gasteiger partial charge in [-0.2, -0.15) is 0 Å². The van der Waals surface area contributed by atoms with E-state index in [4.69, 9.17) is 4.74 Å². The molecule has 1 fully saturated rings. The molecular formula is C17H21N3O2S. The first-order chi connectivity index (χ1) is 11.2. The highest BCUT2D eigenvalue weighted by molar-refractivity contribution is 7.09. The number of ether oxygens (including phenoxy) is 1. The number of methoxy groups -OCH3 is 1. The number of carbonyl (C=O) groups excluding carboxylic acids is 1. The summed E-state index contributed by atoms with van der Waals surface area (Å²) in [6.45, 7) is 3.23. The Morgan fingerprint density at radius 3 is 3.13 bits per heavy atom. The molecule has 1 aromatic heterocycles. The van der Waals surface area contributed by atoms with Crippen molar-refractivity contribution in [3.05, 3.63) is 45.9 Å². The third-order valence-corrected chi connectivity index (χ3v) is 4.90. The van der Waals surface area contributed by atoms with E-state index in [0.29, 0.717) is 6.54 Å². The Kier molecular flexibility index (Phi) is 4.81. The molecule has 5 nitrogen and oxygen atoms in total. The van der Waals surface area contributed by atoms with Gasteiger partial charge in [-0.1, -0.05) is 12.1 Å². The fourth-order valence-electron chi connectivity index (χ4n) is 2.96. The van der Waals surface area contributed by atoms with Crippen molar-refractivity contribution in [1.82, 2.24) is 15.2 Å². The van der Waals surface area contributed by atoms with Crippen molar-refractivity contribution in [2.75, 3.05) is 13.7 Å². The predicted octanol–water partition coefficient (Wildman–Crippen LogP) is 3.51. The van der Waals surface area contributed by atoms with E-state index < -0.39 is 0 Å². The van der Waals surface area contributed by atoms with Gasteiger partial charge >= 0.3 is 6.03 Å². The van der Waals surface area contributed by atoms with E-state index in [0.717, 1.165) is 41.4 Å². The molecule has 1 aliphatic rings. The molecule has 0 saturated carbocycles. The third-order valence-electron chi connectivity index (χ3n) is 4.08. The predicted molar refractivity (Wildman–Crippen MR) is 90.8 cm³/mol. The minimum absolute atomic E-state index is 0.0269. The molecule has 23 heavy (non-hydrogen) atoms. The van der Waals surface area contributed by atoms with Gasteiger partial charge in [-0.3, -0.25) is 0 Å². The van der Waals surface area contributed by atoms with Crippen LogP contribution in [0.15, 0.2) is 29.6 Å². The summed E-state index contributed by atoms with van der Waals surface area (Å²) in [5.41, 5.74) is 2.04. The van der Waals surface area contributed by atoms with Crippen LogP contribution < -0.4 is 10.1 Å². The van der Waals surface area contributed by atoms with Crippen molar-refractivity contribution in [3.63, 3.8) is 0 Å². The van der Waals surface area contributed by atoms with Crippen molar-refractivity contribution in [2.24, 2.45) is 0 Å². The van der Waals surface area contributed by atoms with Crippen LogP contribution in [0.4, 0.5) is 4.79 Å². The first-order valence-corrected chi connectivity index (χ1v) is 8.65. The van der Waals surface area contributed by atoms with Crippen LogP contribution in [0.1, 0.15) is 35.1 Å². The Morgan fingerprint density at radius 2 is 2.39 bits per heavy atom. The SMILES string of the molecule is COc1cccc([C@@H]2CCCN2C(=O)NCc2csc(C)n2)c1. The maximum absolute atomic E-state index is 12.5. The minimum Gasteiger partial charge on any atom is -0.497 e. The zero-order valence-electron chi connectivity index (χ0n) is 13.4. The van der Waals surface area contributed by atoms with E-state index in [1.807, 2.05) is 35.4 Å². The standard InChI is InChI=1S/C17H21N3O2S/c1-12-19-14(11-23-12)10-18-17(21)20-8-4-7-16(20)13-5-3-6-15(9-13)22-2/h3,5-6,9,11,16H,4,7-8,10H2,1-2H3,(H,18,21)/t16-/m0/s1. The summed E-state index contributed by atoms with van der Waals surface area (Å²) in [7, 11) is 1.66. The van der Waals surface area contributed by atoms with Crippen LogP contribution >= 0.6 is 11.3 Å². The van der Waals surface area contributed by atoms with Gasteiger partial charge in [0.25, 0.3) is 0 Å². The summed E-state index contributed by atoms with van der Waals surface area (Å²) in [5.74, 6) is 0.827. The number of amides is 2. The van der Waals surface area contributed by atoms with Crippen LogP contribution in [-0.4, -0.2) is 29.6 Å². The molecule has 0 unspecified atom stereocenters. The monoisotopic (exact) mass is 331 g/mol. The molecule has 122 valence electrons. The lowest BCUT2D eigenvalue weighted by Crippen LogP contribution is -2.39. The Balaban J connectivity index is 1.66. The second kappa shape index (κ2) is 7.00. The van der Waals surface area contributed by atoms with Crippen molar-refractivity contribution >= 4 is 17.4 Å². The number of urea groups is 1. The molecule has 2 aromatic rings. The van der Waals surface area contributed by atoms with Gasteiger partial charge in [0, 0.05) is 11.9 Å². The fourth-order valence-corrected chi connectivity index (χ4v) is 3.57. The summed E-state index contributed by atoms with van der Waals surface area (Å²) in [4.78, 5) is 18.8. The van der Waals surface area contributed by atoms with Gasteiger partial charge in [-0.05, 0) is 37.5 Å². The molecule has 3 rings (SSSR count). The molecule has 1 aromatic carbocycles. The zero-order chi connectivity index (χ0) is 16.2. The lowest BCUT2D eigenvalue weighted by molar-refractivity contribution is 0.192. The number of rotatable bonds is 4. The van der Waals surface area contributed by atoms with Crippen LogP contribution in [0.25, 0.3) is 0 Å². The molecule has 0 aliphatic carbocycles. The van der Waals surface area contributed by atoms with Crippen LogP contribution in [0, 0.1) is 6.92 Å². The number of hydrogen-bond acceptors (Lipinski definition) is 4. The number of nitrogens with one attached hydrogen (secondary N) is 1. The van der Waals surface area contributed by atoms with E-state index in [2.05, 4.69) is 16.4 Å². The molecule has 0 radical (unpaired) electrons. The fraction of sp³-hybridized carbons (Fsp3) is 0.412. The van der Waals surface area contributed by atoms with Gasteiger partial charge in [0.15, 0.2) is 0 Å². The quantitative estimate of drug-likeness (QED) is 0.933. The first-order valence-electron chi connectivity index (χ1n) is 7.77. The number of aromatic nitrogens is 1. The average Bonchev–Trinajstić information content (AvgIpc) is 3.21. The number of aryl methyl sites for hydroxylation is 1. The molecule has 0 bridgehead atoms. The molecule has 2 heterocycles. The third kappa shape index (κ3) is 3.64. The van der Waals surface area contributed by atoms with Crippen LogP contribution in [-0.2, 0) is 6.54 Å². The summed E-state index contributed by atoms with van der Waals surface area (Å²) >= 11 is 1.60. The van der Waals surface area contributed by atoms with Crippen LogP contribution in [0.3, 0.4) is 0 Å². The summed E-state index contributed by atoms with van der Waals surface area (Å²) in [6, 6.07) is 8.06. The summed E-state index contributed by atoms with van der Waals surface area (Å²) < 4.78 is 5.29. The highest BCUT2D eigenvalue weighted by Crippen LogP contribution is 2.33. The maximum atomic E-state index is 12.5. The highest BCUT2D eigenvalue weighted by atomic mass is 32.1. The van der Waals surface area contributed by atoms with Crippen molar-refractivity contribution < 1.29 is 9.53 Å². The topological polar surface area (TPSA) is 54.5 Å². The summed E-state index contributed by atoms with van der Waals surface area (Å²) in [6.07, 6.45) is 2.00. The normalized spacial score (nSPS) is 17.3. The minimum atomic E-state index is -0.0269. The van der Waals surface area contributed by atoms with Gasteiger partial charge in [-0.25, -0.2) is 9.78 Å². The van der Waals surface area contributed by atoms with Crippen LogP contribution in [0.2, 0.25) is 0 Å². The lowest BCUT2D eigenvalue weighted by atomic mass is 10.0. The van der Waals surface area contributed by atoms with E-state index in [1.165, 1.54) is 0 Å². The van der Waals surface area contributed by atoms with E-state index in [9.17, 15) is 4.79 Å². The Bertz CT molecular complexity index is 686. The largest absolute Gasteiger partial charge is 0.497 e. The smallest absolute Gasteiger partial charge is 0.318 e. The van der Waals surface area contributed by atoms with Gasteiger partial charge in [0.1, 0.15) is 5.75 Å². The first kappa shape index (κ1) is 15.8. The van der Waals surface area contributed by atoms with E-state index in [-0.39, 0.29) is 12.1 Å². The number of benzene rings is 1. The Hall–Kier alpha value is -2.08. The maximum Gasteiger partial charge on any atom is 0.318 e. The molecule has 1 saturated heterocycles. The number of thiazole rings is 1. The number of likely N-dealkylation sites (tertiary alicyclic amines) is 1. The van der Waals surface area contributed by atoms with E-state index >= 15 is 0 Å². The molecule has 2 amide bonds. The molecule has 1 atom stereocenters. The molecular weight excluding hydrogens is 310 g/mol. The van der Waals surface area contributed by atoms with Gasteiger partial charge in [-0.15, -0.1) is 11.3 Å². The average molecular weight is 331 g/mol. The highest BCUT2D eigenvalue weighted by Gasteiger charge is 2.30. The zero-order valence-corrected chi connectivity index (χ0v) is 14.2. The number of hydrogen-bond donors (Lipinski definition) is 1. The lowest BCUT2D eigenvalue weighted by Gasteiger charge is -2.25. The molecule has 6 heteroatoms. The van der Waals surface area contributed by atoms with Gasteiger partial charge in [0.05, 0.1) is 30.4 Å². The second-order valence-corrected chi connectivity index (χ2v) is 6.71. The Morgan fingerprint density at radius 1 is 1.52 bits per heavy atom. The van der Waals surface area contributed by atoms with Crippen molar-refractivity contribution in [3.8, 4) is 5.75 Å². The van der Waals surface area contributed by atoms with Crippen molar-refractivity contribution in [1.29, 1.82) is 0 Å². The van der Waals surface area contributed by atoms with Crippen molar-refractivity contribution in [2.45, 2.75) is 32.4 Å². The molecule has 0 spiro atoms. The Labute approximate surface area is 140 Å². The van der Waals surface area contributed by atoms with Gasteiger partial charge in [0.2, 0.25) is 0 Å². The molecule has 1 aliphatic heterocycles. The summed E-state index contributed by atoms with van der Waals surface area (Å²) in [5, 5.41) is 5.99. The number of nitrogens with zero attached hydrogens (tertiary/aromatic N) is 2. The number of carbonyl (C=O) groups is 1. The van der Waals surface area contributed by atoms with E-state index in [1.54, 1.807) is 18.4 Å².